The maximum absolute atomic E-state index is 11.1. The van der Waals surface area contributed by atoms with Crippen LogP contribution in [0.15, 0.2) is 6.20 Å². The van der Waals surface area contributed by atoms with Crippen molar-refractivity contribution in [3.63, 3.8) is 0 Å². The zero-order chi connectivity index (χ0) is 13.9. The second-order valence-electron chi connectivity index (χ2n) is 4.44. The molecule has 0 radical (unpaired) electrons. The van der Waals surface area contributed by atoms with Crippen molar-refractivity contribution in [1.82, 2.24) is 9.78 Å². The zero-order valence-corrected chi connectivity index (χ0v) is 11.6. The average Bonchev–Trinajstić information content (AvgIpc) is 2.68. The molecule has 0 aliphatic rings. The Kier molecular flexibility index (Phi) is 4.50. The number of aromatic nitrogens is 2. The molecule has 0 aliphatic heterocycles. The molecule has 0 aliphatic carbocycles. The molecule has 0 spiro atoms. The first kappa shape index (κ1) is 14.7. The molecule has 18 heavy (non-hydrogen) atoms. The lowest BCUT2D eigenvalue weighted by Gasteiger charge is -2.05. The Morgan fingerprint density at radius 3 is 2.61 bits per heavy atom. The first-order valence-corrected chi connectivity index (χ1v) is 7.79. The number of carboxylic acids is 1. The number of aryl methyl sites for hydroxylation is 1. The summed E-state index contributed by atoms with van der Waals surface area (Å²) in [5, 5.41) is 13.3. The molecule has 7 heteroatoms. The number of nitrogens with zero attached hydrogens (tertiary/aromatic N) is 2. The number of rotatable bonds is 6. The molecule has 1 aromatic heterocycles. The van der Waals surface area contributed by atoms with Crippen molar-refractivity contribution in [2.24, 2.45) is 0 Å². The highest BCUT2D eigenvalue weighted by Gasteiger charge is 2.19. The van der Waals surface area contributed by atoms with E-state index < -0.39 is 15.8 Å². The lowest BCUT2D eigenvalue weighted by atomic mass is 10.0. The number of hydrogen-bond acceptors (Lipinski definition) is 4. The molecule has 0 saturated heterocycles. The molecule has 0 fully saturated rings. The Balaban J connectivity index is 2.99. The van der Waals surface area contributed by atoms with Crippen LogP contribution in [0.1, 0.15) is 42.2 Å². The third kappa shape index (κ3) is 3.83. The molecule has 102 valence electrons. The fraction of sp³-hybridized carbons (Fsp3) is 0.636. The van der Waals surface area contributed by atoms with Crippen LogP contribution in [0, 0.1) is 0 Å². The summed E-state index contributed by atoms with van der Waals surface area (Å²) >= 11 is 0. The van der Waals surface area contributed by atoms with Crippen LogP contribution in [0.3, 0.4) is 0 Å². The minimum absolute atomic E-state index is 0.0376. The summed E-state index contributed by atoms with van der Waals surface area (Å²) in [6, 6.07) is 0. The third-order valence-corrected chi connectivity index (χ3v) is 3.72. The number of carbonyl (C=O) groups is 1. The Morgan fingerprint density at radius 2 is 2.17 bits per heavy atom. The van der Waals surface area contributed by atoms with E-state index in [9.17, 15) is 13.2 Å². The van der Waals surface area contributed by atoms with Gasteiger partial charge in [-0.15, -0.1) is 0 Å². The molecule has 0 bridgehead atoms. The van der Waals surface area contributed by atoms with Crippen LogP contribution in [0.25, 0.3) is 0 Å². The van der Waals surface area contributed by atoms with Crippen LogP contribution in [0.2, 0.25) is 0 Å². The smallest absolute Gasteiger partial charge is 0.339 e. The third-order valence-electron chi connectivity index (χ3n) is 2.79. The summed E-state index contributed by atoms with van der Waals surface area (Å²) in [6.07, 6.45) is 3.32. The van der Waals surface area contributed by atoms with Crippen LogP contribution >= 0.6 is 0 Å². The van der Waals surface area contributed by atoms with E-state index in [-0.39, 0.29) is 23.8 Å². The summed E-state index contributed by atoms with van der Waals surface area (Å²) in [5.74, 6) is -1.04. The van der Waals surface area contributed by atoms with Gasteiger partial charge in [0.05, 0.1) is 18.0 Å². The summed E-state index contributed by atoms with van der Waals surface area (Å²) in [6.45, 7) is 4.02. The van der Waals surface area contributed by atoms with Gasteiger partial charge >= 0.3 is 5.97 Å². The van der Waals surface area contributed by atoms with Crippen LogP contribution < -0.4 is 0 Å². The number of aromatic carboxylic acids is 1. The fourth-order valence-corrected chi connectivity index (χ4v) is 2.05. The quantitative estimate of drug-likeness (QED) is 0.840. The van der Waals surface area contributed by atoms with Gasteiger partial charge < -0.3 is 5.11 Å². The van der Waals surface area contributed by atoms with Gasteiger partial charge in [0.1, 0.15) is 15.4 Å². The number of sulfone groups is 1. The minimum atomic E-state index is -3.08. The van der Waals surface area contributed by atoms with Crippen molar-refractivity contribution in [3.05, 3.63) is 17.5 Å². The van der Waals surface area contributed by atoms with E-state index in [0.717, 1.165) is 12.7 Å². The van der Waals surface area contributed by atoms with Gasteiger partial charge in [0.25, 0.3) is 0 Å². The van der Waals surface area contributed by atoms with E-state index in [4.69, 9.17) is 5.11 Å². The Morgan fingerprint density at radius 1 is 1.56 bits per heavy atom. The molecule has 0 saturated carbocycles. The summed E-state index contributed by atoms with van der Waals surface area (Å²) in [7, 11) is -3.08. The summed E-state index contributed by atoms with van der Waals surface area (Å²) < 4.78 is 23.5. The molecule has 0 amide bonds. The van der Waals surface area contributed by atoms with Crippen LogP contribution in [-0.2, 0) is 16.4 Å². The largest absolute Gasteiger partial charge is 0.478 e. The maximum Gasteiger partial charge on any atom is 0.339 e. The lowest BCUT2D eigenvalue weighted by Crippen LogP contribution is -2.11. The maximum atomic E-state index is 11.1. The molecule has 6 nitrogen and oxygen atoms in total. The molecule has 1 unspecified atom stereocenters. The van der Waals surface area contributed by atoms with E-state index in [1.165, 1.54) is 10.9 Å². The van der Waals surface area contributed by atoms with Gasteiger partial charge in [-0.2, -0.15) is 5.10 Å². The van der Waals surface area contributed by atoms with Gasteiger partial charge in [0, 0.05) is 18.4 Å². The molecular weight excluding hydrogens is 256 g/mol. The fourth-order valence-electron chi connectivity index (χ4n) is 1.53. The van der Waals surface area contributed by atoms with Crippen LogP contribution in [0.5, 0.6) is 0 Å². The SMILES string of the molecule is CCC(C)c1nn(CCS(C)(=O)=O)cc1C(=O)O. The summed E-state index contributed by atoms with van der Waals surface area (Å²) in [5.41, 5.74) is 0.663. The molecular formula is C11H18N2O4S. The predicted molar refractivity (Wildman–Crippen MR) is 67.6 cm³/mol. The highest BCUT2D eigenvalue weighted by atomic mass is 32.2. The standard InChI is InChI=1S/C11H18N2O4S/c1-4-8(2)10-9(11(14)15)7-13(12-10)5-6-18(3,16)17/h7-8H,4-6H2,1-3H3,(H,14,15). The molecule has 1 atom stereocenters. The van der Waals surface area contributed by atoms with E-state index >= 15 is 0 Å². The first-order valence-electron chi connectivity index (χ1n) is 5.73. The predicted octanol–water partition coefficient (Wildman–Crippen LogP) is 1.14. The highest BCUT2D eigenvalue weighted by molar-refractivity contribution is 7.90. The first-order chi connectivity index (χ1) is 8.24. The number of hydrogen-bond donors (Lipinski definition) is 1. The van der Waals surface area contributed by atoms with Crippen molar-refractivity contribution in [2.45, 2.75) is 32.7 Å². The average molecular weight is 274 g/mol. The second kappa shape index (κ2) is 5.51. The monoisotopic (exact) mass is 274 g/mol. The van der Waals surface area contributed by atoms with Gasteiger partial charge in [-0.1, -0.05) is 13.8 Å². The van der Waals surface area contributed by atoms with Crippen molar-refractivity contribution in [2.75, 3.05) is 12.0 Å². The Labute approximate surface area is 107 Å². The highest BCUT2D eigenvalue weighted by Crippen LogP contribution is 2.21. The minimum Gasteiger partial charge on any atom is -0.478 e. The van der Waals surface area contributed by atoms with Gasteiger partial charge in [0.15, 0.2) is 0 Å². The molecule has 0 aromatic carbocycles. The lowest BCUT2D eigenvalue weighted by molar-refractivity contribution is 0.0695. The van der Waals surface area contributed by atoms with Crippen LogP contribution in [0.4, 0.5) is 0 Å². The Bertz CT molecular complexity index is 533. The molecule has 1 N–H and O–H groups in total. The van der Waals surface area contributed by atoms with Gasteiger partial charge in [-0.05, 0) is 6.42 Å². The van der Waals surface area contributed by atoms with Gasteiger partial charge in [-0.3, -0.25) is 4.68 Å². The van der Waals surface area contributed by atoms with Crippen molar-refractivity contribution in [3.8, 4) is 0 Å². The molecule has 1 heterocycles. The topological polar surface area (TPSA) is 89.3 Å². The van der Waals surface area contributed by atoms with Crippen molar-refractivity contribution < 1.29 is 18.3 Å². The molecule has 1 aromatic rings. The second-order valence-corrected chi connectivity index (χ2v) is 6.70. The van der Waals surface area contributed by atoms with Gasteiger partial charge in [0.2, 0.25) is 0 Å². The zero-order valence-electron chi connectivity index (χ0n) is 10.8. The normalized spacial score (nSPS) is 13.5. The number of carboxylic acid groups (broad SMARTS) is 1. The van der Waals surface area contributed by atoms with Crippen molar-refractivity contribution >= 4 is 15.8 Å². The van der Waals surface area contributed by atoms with E-state index in [1.54, 1.807) is 0 Å². The van der Waals surface area contributed by atoms with Gasteiger partial charge in [-0.25, -0.2) is 13.2 Å². The van der Waals surface area contributed by atoms with E-state index in [1.807, 2.05) is 13.8 Å². The van der Waals surface area contributed by atoms with E-state index in [2.05, 4.69) is 5.10 Å². The summed E-state index contributed by atoms with van der Waals surface area (Å²) in [4.78, 5) is 11.1. The van der Waals surface area contributed by atoms with E-state index in [0.29, 0.717) is 5.69 Å². The van der Waals surface area contributed by atoms with Crippen LogP contribution in [-0.4, -0.2) is 41.3 Å². The molecule has 1 rings (SSSR count). The Hall–Kier alpha value is -1.37. The van der Waals surface area contributed by atoms with Crippen molar-refractivity contribution in [1.29, 1.82) is 0 Å².